The van der Waals surface area contributed by atoms with Crippen molar-refractivity contribution in [2.24, 2.45) is 5.92 Å². The number of aromatic nitrogens is 7. The zero-order valence-corrected chi connectivity index (χ0v) is 37.4. The molecule has 3 aliphatic rings. The van der Waals surface area contributed by atoms with Crippen molar-refractivity contribution in [3.63, 3.8) is 0 Å². The minimum atomic E-state index is -3.29. The number of carbonyl (C=O) groups excluding carboxylic acids is 1. The van der Waals surface area contributed by atoms with E-state index in [9.17, 15) is 18.0 Å². The van der Waals surface area contributed by atoms with E-state index in [1.54, 1.807) is 41.6 Å². The number of rotatable bonds is 10. The number of nitrogens with one attached hydrogen (secondary N) is 1. The van der Waals surface area contributed by atoms with Crippen LogP contribution in [0.1, 0.15) is 94.9 Å². The highest BCUT2D eigenvalue weighted by molar-refractivity contribution is 7.90. The molecule has 1 saturated carbocycles. The van der Waals surface area contributed by atoms with Crippen LogP contribution in [0.5, 0.6) is 0 Å². The van der Waals surface area contributed by atoms with Crippen LogP contribution in [-0.4, -0.2) is 84.6 Å². The number of nitrogens with zero attached hydrogens (tertiary/aromatic N) is 7. The van der Waals surface area contributed by atoms with Crippen LogP contribution in [0.25, 0.3) is 28.1 Å². The molecule has 18 heteroatoms. The van der Waals surface area contributed by atoms with Crippen LogP contribution in [0, 0.1) is 31.4 Å². The van der Waals surface area contributed by atoms with Gasteiger partial charge < -0.3 is 14.2 Å². The normalized spacial score (nSPS) is 20.1. The van der Waals surface area contributed by atoms with E-state index in [0.29, 0.717) is 82.9 Å². The molecule has 10 rings (SSSR count). The van der Waals surface area contributed by atoms with Gasteiger partial charge in [0.05, 0.1) is 28.9 Å². The van der Waals surface area contributed by atoms with Gasteiger partial charge in [-0.25, -0.2) is 31.5 Å². The number of benzene rings is 3. The third kappa shape index (κ3) is 7.17. The van der Waals surface area contributed by atoms with Crippen molar-refractivity contribution in [1.82, 2.24) is 38.5 Å². The number of hydrogen-bond donors (Lipinski definition) is 1. The Hall–Kier alpha value is -6.40. The van der Waals surface area contributed by atoms with Crippen LogP contribution in [-0.2, 0) is 33.0 Å². The van der Waals surface area contributed by atoms with Crippen LogP contribution in [0.2, 0.25) is 0 Å². The number of H-pyrrole nitrogens is 1. The molecule has 338 valence electrons. The number of amides is 1. The fourth-order valence-corrected chi connectivity index (χ4v) is 10.7. The third-order valence-corrected chi connectivity index (χ3v) is 14.6. The maximum Gasteiger partial charge on any atom is 0.438 e. The number of ether oxygens (including phenoxy) is 1. The highest BCUT2D eigenvalue weighted by Gasteiger charge is 2.59. The van der Waals surface area contributed by atoms with Gasteiger partial charge in [-0.3, -0.25) is 23.4 Å². The standard InChI is InChI=1S/C47H48F2N8O7S/c1-26-20-34(21-27(2)41(26)49)57-42(55-16-15-54(46(55)60)38-8-6-30(22-35(38)48)13-19-65(5,61)62)40-29(4)53(14-10-36(40)51-57)43(58)39-24-33-23-32(31-11-17-63-18-12-31)7-9-37(33)56(39)47(25-28(47)3)44-50-45(59)64-52-44/h6-9,15-16,20-24,28-29,31H,10-14,17-19,25H2,1-5H3,(H,50,52,59)/t28-,29-,47-/m0/s1. The molecule has 1 amide bonds. The van der Waals surface area contributed by atoms with Gasteiger partial charge in [-0.2, -0.15) is 5.10 Å². The van der Waals surface area contributed by atoms with Crippen molar-refractivity contribution in [1.29, 1.82) is 0 Å². The molecule has 3 aromatic carbocycles. The highest BCUT2D eigenvalue weighted by Crippen LogP contribution is 2.56. The molecule has 7 aromatic rings. The van der Waals surface area contributed by atoms with Gasteiger partial charge in [0.2, 0.25) is 0 Å². The van der Waals surface area contributed by atoms with Crippen molar-refractivity contribution in [3.8, 4) is 17.2 Å². The lowest BCUT2D eigenvalue weighted by Crippen LogP contribution is -2.41. The average molecular weight is 907 g/mol. The number of sulfone groups is 1. The maximum absolute atomic E-state index is 15.8. The van der Waals surface area contributed by atoms with E-state index in [0.717, 1.165) is 40.1 Å². The van der Waals surface area contributed by atoms with Crippen LogP contribution in [0.3, 0.4) is 0 Å². The van der Waals surface area contributed by atoms with Crippen molar-refractivity contribution in [2.75, 3.05) is 31.8 Å². The molecule has 0 radical (unpaired) electrons. The van der Waals surface area contributed by atoms with E-state index in [2.05, 4.69) is 22.3 Å². The molecule has 4 aromatic heterocycles. The number of halogens is 2. The molecular weight excluding hydrogens is 859 g/mol. The molecule has 1 N–H and O–H groups in total. The number of aromatic amines is 1. The van der Waals surface area contributed by atoms with Crippen LogP contribution in [0.15, 0.2) is 81.1 Å². The van der Waals surface area contributed by atoms with Crippen molar-refractivity contribution < 1.29 is 31.3 Å². The van der Waals surface area contributed by atoms with Gasteiger partial charge >= 0.3 is 11.4 Å². The summed E-state index contributed by atoms with van der Waals surface area (Å²) < 4.78 is 71.2. The molecule has 2 aliphatic heterocycles. The first-order valence-electron chi connectivity index (χ1n) is 21.8. The zero-order valence-electron chi connectivity index (χ0n) is 36.6. The summed E-state index contributed by atoms with van der Waals surface area (Å²) in [7, 11) is -3.29. The Bertz CT molecular complexity index is 3280. The molecule has 1 aliphatic carbocycles. The predicted molar refractivity (Wildman–Crippen MR) is 237 cm³/mol. The number of hydrogen-bond acceptors (Lipinski definition) is 9. The molecule has 6 heterocycles. The fourth-order valence-electron chi connectivity index (χ4n) is 10.1. The Labute approximate surface area is 372 Å². The van der Waals surface area contributed by atoms with Gasteiger partial charge in [-0.05, 0) is 123 Å². The van der Waals surface area contributed by atoms with E-state index in [1.807, 2.05) is 30.5 Å². The summed E-state index contributed by atoms with van der Waals surface area (Å²) in [4.78, 5) is 46.9. The van der Waals surface area contributed by atoms with E-state index < -0.39 is 38.7 Å². The summed E-state index contributed by atoms with van der Waals surface area (Å²) in [6.45, 7) is 8.85. The third-order valence-electron chi connectivity index (χ3n) is 13.7. The Morgan fingerprint density at radius 1 is 0.969 bits per heavy atom. The molecule has 15 nitrogen and oxygen atoms in total. The Morgan fingerprint density at radius 2 is 1.69 bits per heavy atom. The predicted octanol–water partition coefficient (Wildman–Crippen LogP) is 6.36. The second kappa shape index (κ2) is 15.6. The number of aryl methyl sites for hydroxylation is 3. The number of fused-ring (bicyclic) bond motifs is 2. The van der Waals surface area contributed by atoms with E-state index in [1.165, 1.54) is 29.1 Å². The van der Waals surface area contributed by atoms with E-state index >= 15 is 13.6 Å². The van der Waals surface area contributed by atoms with Gasteiger partial charge in [0, 0.05) is 61.3 Å². The zero-order chi connectivity index (χ0) is 45.7. The lowest BCUT2D eigenvalue weighted by Gasteiger charge is -2.34. The van der Waals surface area contributed by atoms with Crippen molar-refractivity contribution >= 4 is 26.6 Å². The van der Waals surface area contributed by atoms with E-state index in [-0.39, 0.29) is 42.0 Å². The second-order valence-corrected chi connectivity index (χ2v) is 20.2. The van der Waals surface area contributed by atoms with Crippen LogP contribution < -0.4 is 11.4 Å². The first-order valence-corrected chi connectivity index (χ1v) is 23.9. The summed E-state index contributed by atoms with van der Waals surface area (Å²) in [6.07, 6.45) is 6.87. The molecule has 0 bridgehead atoms. The minimum Gasteiger partial charge on any atom is -0.381 e. The molecule has 0 spiro atoms. The lowest BCUT2D eigenvalue weighted by atomic mass is 9.91. The van der Waals surface area contributed by atoms with Crippen molar-refractivity contribution in [2.45, 2.75) is 77.3 Å². The Balaban J connectivity index is 1.10. The molecule has 2 fully saturated rings. The van der Waals surface area contributed by atoms with Crippen LogP contribution >= 0.6 is 0 Å². The fraction of sp³-hybridized carbons (Fsp3) is 0.383. The lowest BCUT2D eigenvalue weighted by molar-refractivity contribution is 0.0663. The first-order chi connectivity index (χ1) is 31.0. The Morgan fingerprint density at radius 3 is 2.35 bits per heavy atom. The smallest absolute Gasteiger partial charge is 0.381 e. The average Bonchev–Trinajstić information content (AvgIpc) is 3.77. The Kier molecular flexibility index (Phi) is 10.2. The molecule has 3 atom stereocenters. The van der Waals surface area contributed by atoms with Gasteiger partial charge in [-0.1, -0.05) is 24.2 Å². The van der Waals surface area contributed by atoms with Gasteiger partial charge in [0.25, 0.3) is 5.91 Å². The monoisotopic (exact) mass is 906 g/mol. The first kappa shape index (κ1) is 42.5. The van der Waals surface area contributed by atoms with Gasteiger partial charge in [0.1, 0.15) is 38.5 Å². The van der Waals surface area contributed by atoms with E-state index in [4.69, 9.17) is 14.4 Å². The molecule has 1 saturated heterocycles. The minimum absolute atomic E-state index is 0.0113. The summed E-state index contributed by atoms with van der Waals surface area (Å²) in [5.74, 6) is -1.28. The number of carbonyl (C=O) groups is 1. The molecule has 0 unspecified atom stereocenters. The van der Waals surface area contributed by atoms with Crippen molar-refractivity contribution in [3.05, 3.63) is 145 Å². The SMILES string of the molecule is Cc1cc(-n2nc3c(c2-n2ccn(-c4ccc(CCS(C)(=O)=O)cc4F)c2=O)[C@H](C)N(C(=O)c2cc4cc(C5CCOCC5)ccc4n2[C@@]2(c4noc(=O)[nH]4)C[C@@H]2C)CC3)cc(C)c1F. The van der Waals surface area contributed by atoms with Crippen LogP contribution in [0.4, 0.5) is 8.78 Å². The summed E-state index contributed by atoms with van der Waals surface area (Å²) in [5.41, 5.74) is 3.73. The molecular formula is C47H48F2N8O7S. The quantitative estimate of drug-likeness (QED) is 0.164. The largest absolute Gasteiger partial charge is 0.438 e. The van der Waals surface area contributed by atoms with Gasteiger partial charge in [0.15, 0.2) is 5.82 Å². The summed E-state index contributed by atoms with van der Waals surface area (Å²) >= 11 is 0. The summed E-state index contributed by atoms with van der Waals surface area (Å²) in [6, 6.07) is 15.1. The van der Waals surface area contributed by atoms with Gasteiger partial charge in [-0.15, -0.1) is 0 Å². The maximum atomic E-state index is 15.8. The molecule has 65 heavy (non-hydrogen) atoms. The summed E-state index contributed by atoms with van der Waals surface area (Å²) in [5, 5.41) is 10.0. The number of imidazole rings is 1. The highest BCUT2D eigenvalue weighted by atomic mass is 32.2. The topological polar surface area (TPSA) is 172 Å². The second-order valence-electron chi connectivity index (χ2n) is 17.9.